The van der Waals surface area contributed by atoms with E-state index in [1.54, 1.807) is 12.0 Å². The Hall–Kier alpha value is -2.77. The van der Waals surface area contributed by atoms with Gasteiger partial charge < -0.3 is 19.4 Å². The number of hydrogen-bond donors (Lipinski definition) is 1. The minimum atomic E-state index is -0.489. The number of hydrogen-bond acceptors (Lipinski definition) is 5. The molecule has 134 valence electrons. The molecule has 2 heterocycles. The van der Waals surface area contributed by atoms with Crippen LogP contribution >= 0.6 is 0 Å². The van der Waals surface area contributed by atoms with Gasteiger partial charge in [-0.3, -0.25) is 14.9 Å². The third-order valence-corrected chi connectivity index (χ3v) is 4.53. The average Bonchev–Trinajstić information content (AvgIpc) is 2.64. The number of urea groups is 1. The number of nitrogens with one attached hydrogen (secondary N) is 1. The number of ether oxygens (including phenoxy) is 1. The van der Waals surface area contributed by atoms with E-state index in [1.807, 2.05) is 24.3 Å². The highest BCUT2D eigenvalue weighted by Crippen LogP contribution is 2.28. The number of carbonyl (C=O) groups excluding carboxylic acids is 3. The molecule has 8 nitrogen and oxygen atoms in total. The summed E-state index contributed by atoms with van der Waals surface area (Å²) in [5.41, 5.74) is 1.02. The molecule has 2 aliphatic heterocycles. The van der Waals surface area contributed by atoms with Gasteiger partial charge in [-0.25, -0.2) is 4.79 Å². The zero-order valence-corrected chi connectivity index (χ0v) is 14.2. The fraction of sp³-hybridized carbons (Fsp3) is 0.471. The molecular weight excluding hydrogens is 324 g/mol. The zero-order valence-electron chi connectivity index (χ0n) is 14.2. The van der Waals surface area contributed by atoms with Gasteiger partial charge in [0, 0.05) is 39.1 Å². The Morgan fingerprint density at radius 1 is 1.12 bits per heavy atom. The molecule has 0 atom stereocenters. The van der Waals surface area contributed by atoms with E-state index in [4.69, 9.17) is 4.74 Å². The molecule has 0 aromatic heterocycles. The van der Waals surface area contributed by atoms with Gasteiger partial charge in [-0.1, -0.05) is 12.1 Å². The van der Waals surface area contributed by atoms with Gasteiger partial charge in [0.25, 0.3) is 0 Å². The topological polar surface area (TPSA) is 82.2 Å². The van der Waals surface area contributed by atoms with Crippen LogP contribution in [0.15, 0.2) is 24.3 Å². The number of nitrogens with zero attached hydrogens (tertiary/aromatic N) is 3. The lowest BCUT2D eigenvalue weighted by Gasteiger charge is -2.37. The van der Waals surface area contributed by atoms with Gasteiger partial charge in [0.1, 0.15) is 12.3 Å². The standard InChI is InChI=1S/C17H22N4O4/c1-25-14-5-3-2-4-13(14)19-8-10-20(11-9-19)16(23)12-21-7-6-15(22)18-17(21)24/h2-5H,6-12H2,1H3,(H,18,22,24). The predicted octanol–water partition coefficient (Wildman–Crippen LogP) is 0.286. The minimum absolute atomic E-state index is 0.00771. The van der Waals surface area contributed by atoms with Crippen LogP contribution in [0.2, 0.25) is 0 Å². The van der Waals surface area contributed by atoms with E-state index in [0.717, 1.165) is 11.4 Å². The van der Waals surface area contributed by atoms with Crippen molar-refractivity contribution in [1.29, 1.82) is 0 Å². The van der Waals surface area contributed by atoms with E-state index in [9.17, 15) is 14.4 Å². The number of carbonyl (C=O) groups is 3. The van der Waals surface area contributed by atoms with E-state index in [-0.39, 0.29) is 31.3 Å². The number of para-hydroxylation sites is 2. The summed E-state index contributed by atoms with van der Waals surface area (Å²) in [7, 11) is 1.65. The molecule has 8 heteroatoms. The van der Waals surface area contributed by atoms with Crippen molar-refractivity contribution < 1.29 is 19.1 Å². The van der Waals surface area contributed by atoms with Crippen molar-refractivity contribution in [3.63, 3.8) is 0 Å². The average molecular weight is 346 g/mol. The molecule has 1 aromatic carbocycles. The second-order valence-corrected chi connectivity index (χ2v) is 6.06. The van der Waals surface area contributed by atoms with E-state index >= 15 is 0 Å². The maximum absolute atomic E-state index is 12.4. The van der Waals surface area contributed by atoms with Crippen LogP contribution in [0.3, 0.4) is 0 Å². The van der Waals surface area contributed by atoms with Gasteiger partial charge >= 0.3 is 6.03 Å². The van der Waals surface area contributed by atoms with Gasteiger partial charge in [0.15, 0.2) is 0 Å². The maximum atomic E-state index is 12.4. The molecule has 2 fully saturated rings. The zero-order chi connectivity index (χ0) is 17.8. The molecule has 0 unspecified atom stereocenters. The van der Waals surface area contributed by atoms with Crippen LogP contribution in [0.4, 0.5) is 10.5 Å². The normalized spacial score (nSPS) is 18.2. The van der Waals surface area contributed by atoms with E-state index < -0.39 is 6.03 Å². The van der Waals surface area contributed by atoms with Crippen LogP contribution in [0.1, 0.15) is 6.42 Å². The highest BCUT2D eigenvalue weighted by molar-refractivity contribution is 5.98. The Morgan fingerprint density at radius 3 is 2.52 bits per heavy atom. The van der Waals surface area contributed by atoms with Crippen LogP contribution < -0.4 is 15.0 Å². The third-order valence-electron chi connectivity index (χ3n) is 4.53. The van der Waals surface area contributed by atoms with Crippen molar-refractivity contribution in [3.05, 3.63) is 24.3 Å². The molecule has 2 aliphatic rings. The van der Waals surface area contributed by atoms with Crippen molar-refractivity contribution >= 4 is 23.5 Å². The first-order valence-corrected chi connectivity index (χ1v) is 8.33. The molecule has 3 rings (SSSR count). The van der Waals surface area contributed by atoms with Gasteiger partial charge in [0.05, 0.1) is 12.8 Å². The summed E-state index contributed by atoms with van der Waals surface area (Å²) in [6.45, 7) is 2.88. The Kier molecular flexibility index (Phi) is 5.06. The lowest BCUT2D eigenvalue weighted by atomic mass is 10.2. The first-order chi connectivity index (χ1) is 12.1. The molecule has 0 spiro atoms. The quantitative estimate of drug-likeness (QED) is 0.847. The lowest BCUT2D eigenvalue weighted by Crippen LogP contribution is -2.55. The number of anilines is 1. The van der Waals surface area contributed by atoms with Gasteiger partial charge in [-0.15, -0.1) is 0 Å². The van der Waals surface area contributed by atoms with Crippen molar-refractivity contribution in [2.75, 3.05) is 51.3 Å². The fourth-order valence-electron chi connectivity index (χ4n) is 3.10. The number of amides is 4. The molecule has 0 bridgehead atoms. The number of piperazine rings is 1. The van der Waals surface area contributed by atoms with Crippen molar-refractivity contribution in [1.82, 2.24) is 15.1 Å². The smallest absolute Gasteiger partial charge is 0.324 e. The first kappa shape index (κ1) is 17.1. The predicted molar refractivity (Wildman–Crippen MR) is 91.5 cm³/mol. The van der Waals surface area contributed by atoms with Crippen LogP contribution in [0.25, 0.3) is 0 Å². The van der Waals surface area contributed by atoms with Crippen LogP contribution in [0, 0.1) is 0 Å². The summed E-state index contributed by atoms with van der Waals surface area (Å²) in [6, 6.07) is 7.33. The number of rotatable bonds is 4. The summed E-state index contributed by atoms with van der Waals surface area (Å²) in [5, 5.41) is 2.23. The summed E-state index contributed by atoms with van der Waals surface area (Å²) in [6.07, 6.45) is 0.237. The SMILES string of the molecule is COc1ccccc1N1CCN(C(=O)CN2CCC(=O)NC2=O)CC1. The van der Waals surface area contributed by atoms with Gasteiger partial charge in [0.2, 0.25) is 11.8 Å². The molecule has 4 amide bonds. The Labute approximate surface area is 146 Å². The molecule has 0 radical (unpaired) electrons. The molecule has 25 heavy (non-hydrogen) atoms. The highest BCUT2D eigenvalue weighted by Gasteiger charge is 2.28. The lowest BCUT2D eigenvalue weighted by molar-refractivity contribution is -0.133. The Balaban J connectivity index is 1.54. The van der Waals surface area contributed by atoms with Crippen LogP contribution in [-0.4, -0.2) is 74.0 Å². The van der Waals surface area contributed by atoms with Crippen LogP contribution in [0.5, 0.6) is 5.75 Å². The van der Waals surface area contributed by atoms with Crippen LogP contribution in [-0.2, 0) is 9.59 Å². The fourth-order valence-corrected chi connectivity index (χ4v) is 3.10. The first-order valence-electron chi connectivity index (χ1n) is 8.33. The largest absolute Gasteiger partial charge is 0.495 e. The Bertz CT molecular complexity index is 670. The molecule has 2 saturated heterocycles. The molecule has 0 saturated carbocycles. The second kappa shape index (κ2) is 7.42. The monoisotopic (exact) mass is 346 g/mol. The summed E-state index contributed by atoms with van der Waals surface area (Å²) in [5.74, 6) is 0.431. The van der Waals surface area contributed by atoms with E-state index in [1.165, 1.54) is 4.90 Å². The van der Waals surface area contributed by atoms with Gasteiger partial charge in [-0.2, -0.15) is 0 Å². The second-order valence-electron chi connectivity index (χ2n) is 6.06. The van der Waals surface area contributed by atoms with Crippen molar-refractivity contribution in [3.8, 4) is 5.75 Å². The van der Waals surface area contributed by atoms with Crippen molar-refractivity contribution in [2.45, 2.75) is 6.42 Å². The number of benzene rings is 1. The van der Waals surface area contributed by atoms with E-state index in [0.29, 0.717) is 26.2 Å². The summed E-state index contributed by atoms with van der Waals surface area (Å²) >= 11 is 0. The maximum Gasteiger partial charge on any atom is 0.324 e. The van der Waals surface area contributed by atoms with E-state index in [2.05, 4.69) is 10.2 Å². The number of imide groups is 1. The molecule has 0 aliphatic carbocycles. The minimum Gasteiger partial charge on any atom is -0.495 e. The summed E-state index contributed by atoms with van der Waals surface area (Å²) < 4.78 is 5.39. The molecule has 1 N–H and O–H groups in total. The molecular formula is C17H22N4O4. The van der Waals surface area contributed by atoms with Crippen molar-refractivity contribution in [2.24, 2.45) is 0 Å². The third kappa shape index (κ3) is 3.84. The number of methoxy groups -OCH3 is 1. The summed E-state index contributed by atoms with van der Waals surface area (Å²) in [4.78, 5) is 40.7. The molecule has 1 aromatic rings. The highest BCUT2D eigenvalue weighted by atomic mass is 16.5. The Morgan fingerprint density at radius 2 is 1.84 bits per heavy atom. The van der Waals surface area contributed by atoms with Gasteiger partial charge in [-0.05, 0) is 12.1 Å².